The van der Waals surface area contributed by atoms with Gasteiger partial charge >= 0.3 is 0 Å². The van der Waals surface area contributed by atoms with Crippen LogP contribution in [0.1, 0.15) is 37.1 Å². The maximum absolute atomic E-state index is 5.78. The monoisotopic (exact) mass is 495 g/mol. The number of benzene rings is 1. The first-order valence-electron chi connectivity index (χ1n) is 13.1. The van der Waals surface area contributed by atoms with Crippen molar-refractivity contribution in [1.82, 2.24) is 29.5 Å². The Kier molecular flexibility index (Phi) is 6.12. The van der Waals surface area contributed by atoms with Gasteiger partial charge in [0.25, 0.3) is 0 Å². The molecule has 1 aromatic carbocycles. The first-order valence-corrected chi connectivity index (χ1v) is 13.1. The average molecular weight is 496 g/mol. The van der Waals surface area contributed by atoms with Crippen molar-refractivity contribution in [3.05, 3.63) is 66.1 Å². The Hall–Kier alpha value is -3.78. The van der Waals surface area contributed by atoms with E-state index >= 15 is 0 Å². The van der Waals surface area contributed by atoms with Crippen LogP contribution in [0.3, 0.4) is 0 Å². The van der Waals surface area contributed by atoms with Crippen LogP contribution in [0.4, 0.5) is 5.82 Å². The van der Waals surface area contributed by atoms with Gasteiger partial charge in [-0.2, -0.15) is 0 Å². The van der Waals surface area contributed by atoms with Crippen LogP contribution in [0, 0.1) is 12.8 Å². The number of fused-ring (bicyclic) bond motifs is 3. The van der Waals surface area contributed by atoms with E-state index in [1.165, 1.54) is 5.56 Å². The molecule has 0 spiro atoms. The molecule has 0 saturated carbocycles. The molecule has 1 atom stereocenters. The minimum atomic E-state index is 0.148. The number of aromatic nitrogens is 6. The van der Waals surface area contributed by atoms with Gasteiger partial charge in [0.15, 0.2) is 0 Å². The molecule has 37 heavy (non-hydrogen) atoms. The predicted molar refractivity (Wildman–Crippen MR) is 147 cm³/mol. The number of nitrogens with zero attached hydrogens (tertiary/aromatic N) is 7. The Balaban J connectivity index is 1.70. The molecular weight excluding hydrogens is 462 g/mol. The van der Waals surface area contributed by atoms with E-state index in [4.69, 9.17) is 14.7 Å². The van der Waals surface area contributed by atoms with E-state index in [9.17, 15) is 0 Å². The molecule has 5 aromatic rings. The fourth-order valence-corrected chi connectivity index (χ4v) is 5.87. The van der Waals surface area contributed by atoms with Crippen LogP contribution in [-0.4, -0.2) is 56.3 Å². The molecule has 0 unspecified atom stereocenters. The van der Waals surface area contributed by atoms with Crippen LogP contribution < -0.4 is 4.90 Å². The number of aryl methyl sites for hydroxylation is 2. The van der Waals surface area contributed by atoms with Crippen LogP contribution in [0.5, 0.6) is 0 Å². The lowest BCUT2D eigenvalue weighted by atomic mass is 9.86. The maximum Gasteiger partial charge on any atom is 0.139 e. The van der Waals surface area contributed by atoms with Gasteiger partial charge in [0.1, 0.15) is 5.82 Å². The number of rotatable bonds is 6. The Morgan fingerprint density at radius 2 is 1.86 bits per heavy atom. The van der Waals surface area contributed by atoms with Crippen molar-refractivity contribution < 1.29 is 4.74 Å². The smallest absolute Gasteiger partial charge is 0.139 e. The van der Waals surface area contributed by atoms with E-state index in [2.05, 4.69) is 76.2 Å². The summed E-state index contributed by atoms with van der Waals surface area (Å²) in [6.45, 7) is 6.59. The number of hydrogen-bond donors (Lipinski definition) is 0. The zero-order chi connectivity index (χ0) is 25.5. The lowest BCUT2D eigenvalue weighted by molar-refractivity contribution is 0.0553. The summed E-state index contributed by atoms with van der Waals surface area (Å²) in [6, 6.07) is 15.4. The van der Waals surface area contributed by atoms with E-state index in [0.717, 1.165) is 77.3 Å². The number of pyridine rings is 2. The van der Waals surface area contributed by atoms with Crippen molar-refractivity contribution in [3.63, 3.8) is 0 Å². The molecule has 1 aliphatic rings. The summed E-state index contributed by atoms with van der Waals surface area (Å²) in [5, 5.41) is 9.63. The van der Waals surface area contributed by atoms with Crippen LogP contribution in [0.25, 0.3) is 33.2 Å². The Bertz CT molecular complexity index is 1530. The second-order valence-electron chi connectivity index (χ2n) is 9.96. The van der Waals surface area contributed by atoms with Gasteiger partial charge in [0.2, 0.25) is 0 Å². The highest BCUT2D eigenvalue weighted by atomic mass is 16.5. The standard InChI is InChI=1S/C29H33N7O/c1-5-34(3)29-25-23(11-14-30-29)36(28(20-9-7-6-8-10-20)21-12-15-37-16-13-21)24-17-22(18-31-26(24)25)27-19(2)32-33-35(27)4/h6-11,14,17-18,21,28H,5,12-13,15-16H2,1-4H3/t28-/m1/s1. The zero-order valence-electron chi connectivity index (χ0n) is 21.9. The highest BCUT2D eigenvalue weighted by Crippen LogP contribution is 2.42. The molecule has 0 amide bonds. The van der Waals surface area contributed by atoms with Crippen molar-refractivity contribution in [2.75, 3.05) is 31.7 Å². The fraction of sp³-hybridized carbons (Fsp3) is 0.379. The Morgan fingerprint density at radius 1 is 1.08 bits per heavy atom. The van der Waals surface area contributed by atoms with Crippen molar-refractivity contribution in [2.45, 2.75) is 32.7 Å². The van der Waals surface area contributed by atoms with Crippen molar-refractivity contribution >= 4 is 27.8 Å². The Morgan fingerprint density at radius 3 is 2.57 bits per heavy atom. The summed E-state index contributed by atoms with van der Waals surface area (Å²) in [6.07, 6.45) is 5.92. The molecule has 6 rings (SSSR count). The summed E-state index contributed by atoms with van der Waals surface area (Å²) in [5.41, 5.74) is 7.43. The molecule has 190 valence electrons. The molecular formula is C29H33N7O. The summed E-state index contributed by atoms with van der Waals surface area (Å²) < 4.78 is 10.1. The van der Waals surface area contributed by atoms with Crippen molar-refractivity contribution in [3.8, 4) is 11.3 Å². The molecule has 0 N–H and O–H groups in total. The van der Waals surface area contributed by atoms with E-state index in [-0.39, 0.29) is 6.04 Å². The number of ether oxygens (including phenoxy) is 1. The second-order valence-corrected chi connectivity index (χ2v) is 9.96. The van der Waals surface area contributed by atoms with E-state index in [1.54, 1.807) is 0 Å². The normalized spacial score (nSPS) is 15.5. The summed E-state index contributed by atoms with van der Waals surface area (Å²) >= 11 is 0. The van der Waals surface area contributed by atoms with E-state index in [0.29, 0.717) is 5.92 Å². The average Bonchev–Trinajstić information content (AvgIpc) is 3.45. The largest absolute Gasteiger partial charge is 0.381 e. The van der Waals surface area contributed by atoms with Gasteiger partial charge in [-0.25, -0.2) is 9.67 Å². The van der Waals surface area contributed by atoms with Crippen LogP contribution in [-0.2, 0) is 11.8 Å². The van der Waals surface area contributed by atoms with Crippen molar-refractivity contribution in [1.29, 1.82) is 0 Å². The molecule has 1 fully saturated rings. The van der Waals surface area contributed by atoms with Crippen LogP contribution in [0.15, 0.2) is 54.9 Å². The van der Waals surface area contributed by atoms with Crippen LogP contribution in [0.2, 0.25) is 0 Å². The third-order valence-electron chi connectivity index (χ3n) is 7.77. The Labute approximate surface area is 216 Å². The molecule has 8 heteroatoms. The van der Waals surface area contributed by atoms with Crippen molar-refractivity contribution in [2.24, 2.45) is 13.0 Å². The molecule has 0 aliphatic carbocycles. The lowest BCUT2D eigenvalue weighted by Gasteiger charge is -2.33. The highest BCUT2D eigenvalue weighted by Gasteiger charge is 2.31. The van der Waals surface area contributed by atoms with Gasteiger partial charge in [0.05, 0.1) is 39.4 Å². The topological polar surface area (TPSA) is 73.9 Å². The highest BCUT2D eigenvalue weighted by molar-refractivity contribution is 6.12. The van der Waals surface area contributed by atoms with E-state index in [1.807, 2.05) is 31.0 Å². The minimum Gasteiger partial charge on any atom is -0.381 e. The van der Waals surface area contributed by atoms with Gasteiger partial charge in [-0.3, -0.25) is 4.98 Å². The lowest BCUT2D eigenvalue weighted by Crippen LogP contribution is -2.27. The fourth-order valence-electron chi connectivity index (χ4n) is 5.87. The molecule has 0 radical (unpaired) electrons. The quantitative estimate of drug-likeness (QED) is 0.324. The second kappa shape index (κ2) is 9.59. The first-order chi connectivity index (χ1) is 18.1. The van der Waals surface area contributed by atoms with E-state index < -0.39 is 0 Å². The zero-order valence-corrected chi connectivity index (χ0v) is 21.9. The molecule has 1 aliphatic heterocycles. The van der Waals surface area contributed by atoms with Gasteiger partial charge in [-0.15, -0.1) is 5.10 Å². The molecule has 5 heterocycles. The summed E-state index contributed by atoms with van der Waals surface area (Å²) in [5.74, 6) is 1.40. The van der Waals surface area contributed by atoms with Crippen LogP contribution >= 0.6 is 0 Å². The summed E-state index contributed by atoms with van der Waals surface area (Å²) in [4.78, 5) is 12.1. The van der Waals surface area contributed by atoms with Gasteiger partial charge in [-0.1, -0.05) is 35.5 Å². The predicted octanol–water partition coefficient (Wildman–Crippen LogP) is 5.16. The van der Waals surface area contributed by atoms with Gasteiger partial charge in [0, 0.05) is 51.8 Å². The van der Waals surface area contributed by atoms with Gasteiger partial charge in [-0.05, 0) is 50.3 Å². The third-order valence-corrected chi connectivity index (χ3v) is 7.77. The number of hydrogen-bond acceptors (Lipinski definition) is 6. The van der Waals surface area contributed by atoms with Gasteiger partial charge < -0.3 is 14.2 Å². The molecule has 0 bridgehead atoms. The minimum absolute atomic E-state index is 0.148. The maximum atomic E-state index is 5.78. The first kappa shape index (κ1) is 23.6. The third kappa shape index (κ3) is 3.96. The molecule has 4 aromatic heterocycles. The SMILES string of the molecule is CCN(C)c1nccc2c1c1ncc(-c3c(C)nnn3C)cc1n2[C@H](c1ccccc1)C1CCOCC1. The molecule has 1 saturated heterocycles. The molecule has 8 nitrogen and oxygen atoms in total. The summed E-state index contributed by atoms with van der Waals surface area (Å²) in [7, 11) is 4.03. The number of anilines is 1.